The molecule has 0 fully saturated rings. The van der Waals surface area contributed by atoms with E-state index in [1.54, 1.807) is 0 Å². The van der Waals surface area contributed by atoms with Crippen LogP contribution in [-0.4, -0.2) is 0 Å². The number of hydrogen-bond donors (Lipinski definition) is 0. The molecule has 0 heterocycles. The molecule has 0 aliphatic heterocycles. The molecule has 0 atom stereocenters. The predicted molar refractivity (Wildman–Crippen MR) is 273 cm³/mol. The van der Waals surface area contributed by atoms with Gasteiger partial charge in [0.2, 0.25) is 0 Å². The maximum atomic E-state index is 2.39. The minimum absolute atomic E-state index is 1.09. The summed E-state index contributed by atoms with van der Waals surface area (Å²) in [5.41, 5.74) is 16.4. The molecule has 0 saturated carbocycles. The zero-order chi connectivity index (χ0) is 42.7. The summed E-state index contributed by atoms with van der Waals surface area (Å²) in [6.45, 7) is 0. The SMILES string of the molecule is C1=CC(c2ccc(N(c3ccc(-c4ccccc4-c4ccc(N(c5ccc(-c6ccccc6)cc5)c5cccc6ccccc56)cc4)cc3)c3cccc4ccccc34)cc2)=CCC1. The van der Waals surface area contributed by atoms with E-state index in [0.29, 0.717) is 0 Å². The number of hydrogen-bond acceptors (Lipinski definition) is 2. The standard InChI is InChI=1S/C62H46N2/c1-3-15-45(16-4-1)47-29-37-53(38-30-47)63(61-27-13-21-49-19-7-9-25-59(49)61)55-41-33-51(34-42-55)57-23-11-12-24-58(57)52-35-43-56(44-36-52)64(62-28-14-22-50-20-8-10-26-60(50)62)54-39-31-48(32-40-54)46-17-5-2-6-18-46/h1,3-5,7-44H,2,6H2. The Balaban J connectivity index is 0.943. The quantitative estimate of drug-likeness (QED) is 0.136. The van der Waals surface area contributed by atoms with Crippen molar-refractivity contribution in [3.8, 4) is 33.4 Å². The van der Waals surface area contributed by atoms with Crippen LogP contribution in [0.5, 0.6) is 0 Å². The fourth-order valence-electron chi connectivity index (χ4n) is 9.29. The second-order valence-electron chi connectivity index (χ2n) is 16.4. The summed E-state index contributed by atoms with van der Waals surface area (Å²) in [4.78, 5) is 4.77. The van der Waals surface area contributed by atoms with Gasteiger partial charge in [-0.2, -0.15) is 0 Å². The van der Waals surface area contributed by atoms with Gasteiger partial charge in [-0.25, -0.2) is 0 Å². The van der Waals surface area contributed by atoms with E-state index in [2.05, 4.69) is 265 Å². The van der Waals surface area contributed by atoms with Crippen molar-refractivity contribution in [1.82, 2.24) is 0 Å². The Morgan fingerprint density at radius 2 is 0.672 bits per heavy atom. The summed E-state index contributed by atoms with van der Waals surface area (Å²) in [5, 5.41) is 4.86. The van der Waals surface area contributed by atoms with Crippen molar-refractivity contribution >= 4 is 61.2 Å². The van der Waals surface area contributed by atoms with Crippen LogP contribution in [-0.2, 0) is 0 Å². The molecule has 0 radical (unpaired) electrons. The van der Waals surface area contributed by atoms with Crippen molar-refractivity contribution in [2.24, 2.45) is 0 Å². The number of fused-ring (bicyclic) bond motifs is 2. The smallest absolute Gasteiger partial charge is 0.0540 e. The lowest BCUT2D eigenvalue weighted by molar-refractivity contribution is 1.04. The highest BCUT2D eigenvalue weighted by Crippen LogP contribution is 2.43. The molecule has 1 aliphatic rings. The number of benzene rings is 10. The van der Waals surface area contributed by atoms with Gasteiger partial charge in [-0.3, -0.25) is 0 Å². The molecular weight excluding hydrogens is 773 g/mol. The number of allylic oxidation sites excluding steroid dienone is 4. The third-order valence-electron chi connectivity index (χ3n) is 12.5. The van der Waals surface area contributed by atoms with Crippen molar-refractivity contribution in [1.29, 1.82) is 0 Å². The fourth-order valence-corrected chi connectivity index (χ4v) is 9.29. The molecule has 0 bridgehead atoms. The third-order valence-corrected chi connectivity index (χ3v) is 12.5. The van der Waals surface area contributed by atoms with Crippen LogP contribution < -0.4 is 9.80 Å². The fraction of sp³-hybridized carbons (Fsp3) is 0.0323. The van der Waals surface area contributed by atoms with Crippen LogP contribution in [0.2, 0.25) is 0 Å². The van der Waals surface area contributed by atoms with Crippen LogP contribution in [0.1, 0.15) is 18.4 Å². The van der Waals surface area contributed by atoms with Gasteiger partial charge in [-0.15, -0.1) is 0 Å². The summed E-state index contributed by atoms with van der Waals surface area (Å²) in [6, 6.07) is 85.9. The number of anilines is 6. The lowest BCUT2D eigenvalue weighted by atomic mass is 9.94. The van der Waals surface area contributed by atoms with Crippen molar-refractivity contribution in [3.05, 3.63) is 260 Å². The van der Waals surface area contributed by atoms with E-state index in [4.69, 9.17) is 0 Å². The van der Waals surface area contributed by atoms with E-state index < -0.39 is 0 Å². The molecule has 304 valence electrons. The first-order valence-corrected chi connectivity index (χ1v) is 22.2. The van der Waals surface area contributed by atoms with E-state index >= 15 is 0 Å². The average Bonchev–Trinajstić information content (AvgIpc) is 3.38. The Labute approximate surface area is 376 Å². The molecule has 2 heteroatoms. The first-order chi connectivity index (χ1) is 31.7. The highest BCUT2D eigenvalue weighted by molar-refractivity contribution is 6.01. The Bertz CT molecular complexity index is 3280. The molecule has 10 aromatic carbocycles. The van der Waals surface area contributed by atoms with Crippen molar-refractivity contribution in [2.75, 3.05) is 9.80 Å². The zero-order valence-corrected chi connectivity index (χ0v) is 35.6. The van der Waals surface area contributed by atoms with Crippen LogP contribution >= 0.6 is 0 Å². The summed E-state index contributed by atoms with van der Waals surface area (Å²) >= 11 is 0. The molecule has 64 heavy (non-hydrogen) atoms. The first-order valence-electron chi connectivity index (χ1n) is 22.2. The topological polar surface area (TPSA) is 6.48 Å². The van der Waals surface area contributed by atoms with Gasteiger partial charge < -0.3 is 9.80 Å². The van der Waals surface area contributed by atoms with Gasteiger partial charge in [0.15, 0.2) is 0 Å². The maximum Gasteiger partial charge on any atom is 0.0540 e. The monoisotopic (exact) mass is 818 g/mol. The van der Waals surface area contributed by atoms with Crippen molar-refractivity contribution in [2.45, 2.75) is 12.8 Å². The third kappa shape index (κ3) is 7.57. The Hall–Kier alpha value is -8.20. The molecule has 0 spiro atoms. The lowest BCUT2D eigenvalue weighted by Gasteiger charge is -2.27. The zero-order valence-electron chi connectivity index (χ0n) is 35.6. The molecular formula is C62H46N2. The van der Waals surface area contributed by atoms with E-state index in [1.807, 2.05) is 0 Å². The van der Waals surface area contributed by atoms with Gasteiger partial charge in [0.1, 0.15) is 0 Å². The van der Waals surface area contributed by atoms with Gasteiger partial charge in [-0.1, -0.05) is 194 Å². The van der Waals surface area contributed by atoms with E-state index in [0.717, 1.165) is 47.0 Å². The van der Waals surface area contributed by atoms with Gasteiger partial charge in [0.05, 0.1) is 11.4 Å². The normalized spacial score (nSPS) is 12.3. The van der Waals surface area contributed by atoms with Gasteiger partial charge in [-0.05, 0) is 129 Å². The molecule has 0 amide bonds. The number of rotatable bonds is 10. The highest BCUT2D eigenvalue weighted by Gasteiger charge is 2.19. The maximum absolute atomic E-state index is 2.39. The largest absolute Gasteiger partial charge is 0.310 e. The highest BCUT2D eigenvalue weighted by atomic mass is 15.1. The Morgan fingerprint density at radius 3 is 1.14 bits per heavy atom. The molecule has 0 N–H and O–H groups in total. The average molecular weight is 819 g/mol. The molecule has 10 aromatic rings. The van der Waals surface area contributed by atoms with Crippen molar-refractivity contribution in [3.63, 3.8) is 0 Å². The van der Waals surface area contributed by atoms with Gasteiger partial charge >= 0.3 is 0 Å². The van der Waals surface area contributed by atoms with Crippen molar-refractivity contribution < 1.29 is 0 Å². The van der Waals surface area contributed by atoms with Crippen LogP contribution in [0.4, 0.5) is 34.1 Å². The lowest BCUT2D eigenvalue weighted by Crippen LogP contribution is -2.10. The Kier molecular flexibility index (Phi) is 10.5. The minimum Gasteiger partial charge on any atom is -0.310 e. The number of nitrogens with zero attached hydrogens (tertiary/aromatic N) is 2. The van der Waals surface area contributed by atoms with Crippen LogP contribution in [0, 0.1) is 0 Å². The van der Waals surface area contributed by atoms with Gasteiger partial charge in [0, 0.05) is 33.5 Å². The summed E-state index contributed by atoms with van der Waals surface area (Å²) in [6.07, 6.45) is 9.06. The summed E-state index contributed by atoms with van der Waals surface area (Å²) in [5.74, 6) is 0. The predicted octanol–water partition coefficient (Wildman–Crippen LogP) is 17.7. The van der Waals surface area contributed by atoms with E-state index in [-0.39, 0.29) is 0 Å². The second kappa shape index (κ2) is 17.3. The molecule has 0 saturated heterocycles. The molecule has 0 unspecified atom stereocenters. The minimum atomic E-state index is 1.09. The van der Waals surface area contributed by atoms with Crippen LogP contribution in [0.3, 0.4) is 0 Å². The van der Waals surface area contributed by atoms with Gasteiger partial charge in [0.25, 0.3) is 0 Å². The second-order valence-corrected chi connectivity index (χ2v) is 16.4. The first kappa shape index (κ1) is 38.7. The van der Waals surface area contributed by atoms with Crippen LogP contribution in [0.25, 0.3) is 60.5 Å². The van der Waals surface area contributed by atoms with Crippen LogP contribution in [0.15, 0.2) is 255 Å². The summed E-state index contributed by atoms with van der Waals surface area (Å²) < 4.78 is 0. The summed E-state index contributed by atoms with van der Waals surface area (Å²) in [7, 11) is 0. The molecule has 2 nitrogen and oxygen atoms in total. The molecule has 1 aliphatic carbocycles. The molecule has 0 aromatic heterocycles. The molecule has 11 rings (SSSR count). The Morgan fingerprint density at radius 1 is 0.281 bits per heavy atom. The van der Waals surface area contributed by atoms with E-state index in [9.17, 15) is 0 Å². The van der Waals surface area contributed by atoms with E-state index in [1.165, 1.54) is 66.1 Å².